The van der Waals surface area contributed by atoms with Crippen molar-refractivity contribution in [2.45, 2.75) is 53.5 Å². The Hall–Kier alpha value is -3.98. The third kappa shape index (κ3) is 5.88. The van der Waals surface area contributed by atoms with E-state index in [0.29, 0.717) is 38.9 Å². The molecule has 39 heavy (non-hydrogen) atoms. The summed E-state index contributed by atoms with van der Waals surface area (Å²) in [7, 11) is 0. The molecule has 0 aliphatic carbocycles. The summed E-state index contributed by atoms with van der Waals surface area (Å²) < 4.78 is 18.4. The molecule has 204 valence electrons. The molecule has 0 amide bonds. The average Bonchev–Trinajstić information content (AvgIpc) is 3.18. The quantitative estimate of drug-likeness (QED) is 0.309. The monoisotopic (exact) mass is 548 g/mol. The van der Waals surface area contributed by atoms with Gasteiger partial charge in [-0.05, 0) is 61.6 Å². The van der Waals surface area contributed by atoms with Crippen molar-refractivity contribution in [3.8, 4) is 11.5 Å². The number of nitrogens with zero attached hydrogens (tertiary/aromatic N) is 2. The van der Waals surface area contributed by atoms with Crippen molar-refractivity contribution in [2.24, 2.45) is 4.99 Å². The molecule has 0 unspecified atom stereocenters. The van der Waals surface area contributed by atoms with Gasteiger partial charge in [-0.2, -0.15) is 0 Å². The van der Waals surface area contributed by atoms with Crippen molar-refractivity contribution in [3.05, 3.63) is 90.1 Å². The summed E-state index contributed by atoms with van der Waals surface area (Å²) >= 11 is 1.26. The Labute approximate surface area is 230 Å². The lowest BCUT2D eigenvalue weighted by molar-refractivity contribution is -0.139. The molecule has 1 atom stereocenters. The highest BCUT2D eigenvalue weighted by Gasteiger charge is 2.34. The fourth-order valence-corrected chi connectivity index (χ4v) is 5.48. The highest BCUT2D eigenvalue weighted by Crippen LogP contribution is 2.36. The Morgan fingerprint density at radius 3 is 2.41 bits per heavy atom. The van der Waals surface area contributed by atoms with Crippen molar-refractivity contribution in [3.63, 3.8) is 0 Å². The summed E-state index contributed by atoms with van der Waals surface area (Å²) in [6, 6.07) is 12.3. The van der Waals surface area contributed by atoms with Crippen molar-refractivity contribution in [2.75, 3.05) is 13.2 Å². The second kappa shape index (κ2) is 11.8. The molecule has 9 heteroatoms. The second-order valence-corrected chi connectivity index (χ2v) is 10.4. The van der Waals surface area contributed by atoms with E-state index in [0.717, 1.165) is 5.56 Å². The van der Waals surface area contributed by atoms with Crippen molar-refractivity contribution in [1.82, 2.24) is 4.57 Å². The average molecular weight is 549 g/mol. The molecule has 1 aromatic heterocycles. The van der Waals surface area contributed by atoms with Crippen LogP contribution in [0.15, 0.2) is 63.5 Å². The number of ether oxygens (including phenoxy) is 3. The van der Waals surface area contributed by atoms with Crippen LogP contribution in [-0.2, 0) is 14.3 Å². The zero-order chi connectivity index (χ0) is 28.3. The van der Waals surface area contributed by atoms with Crippen molar-refractivity contribution in [1.29, 1.82) is 0 Å². The number of benzene rings is 2. The Morgan fingerprint density at radius 1 is 1.08 bits per heavy atom. The number of rotatable bonds is 8. The van der Waals surface area contributed by atoms with Gasteiger partial charge in [0.05, 0.1) is 35.1 Å². The number of hydrogen-bond donors (Lipinski definition) is 0. The third-order valence-electron chi connectivity index (χ3n) is 6.25. The molecule has 0 N–H and O–H groups in total. The van der Waals surface area contributed by atoms with Crippen LogP contribution in [0.4, 0.5) is 0 Å². The number of carbonyl (C=O) groups excluding carboxylic acids is 2. The molecule has 3 aromatic rings. The van der Waals surface area contributed by atoms with Crippen LogP contribution in [0.2, 0.25) is 0 Å². The Morgan fingerprint density at radius 2 is 1.79 bits per heavy atom. The van der Waals surface area contributed by atoms with Gasteiger partial charge in [0.1, 0.15) is 0 Å². The molecule has 0 spiro atoms. The third-order valence-corrected chi connectivity index (χ3v) is 7.24. The molecule has 0 fully saturated rings. The molecule has 0 radical (unpaired) electrons. The zero-order valence-corrected chi connectivity index (χ0v) is 23.8. The van der Waals surface area contributed by atoms with Crippen LogP contribution in [0.1, 0.15) is 70.2 Å². The molecule has 0 bridgehead atoms. The highest BCUT2D eigenvalue weighted by molar-refractivity contribution is 7.07. The smallest absolute Gasteiger partial charge is 0.338 e. The summed E-state index contributed by atoms with van der Waals surface area (Å²) in [6.07, 6.45) is 1.84. The van der Waals surface area contributed by atoms with Gasteiger partial charge in [0, 0.05) is 6.92 Å². The minimum atomic E-state index is -0.809. The maximum Gasteiger partial charge on any atom is 0.338 e. The van der Waals surface area contributed by atoms with Gasteiger partial charge >= 0.3 is 11.9 Å². The molecule has 1 aliphatic rings. The van der Waals surface area contributed by atoms with E-state index in [1.807, 2.05) is 25.1 Å². The van der Waals surface area contributed by atoms with E-state index in [4.69, 9.17) is 14.2 Å². The molecular formula is C30H32N2O6S. The summed E-state index contributed by atoms with van der Waals surface area (Å²) in [5, 5.41) is 0. The standard InChI is InChI=1S/C30H32N2O6S/c1-7-36-24-16-22(13-14-23(24)38-19(6)33)27-26(29(35)37-8-2)18(5)31-30-32(27)28(34)25(39-30)15-20-9-11-21(12-10-20)17(3)4/h9-17,27H,7-8H2,1-6H3/b25-15+/t27-/m1/s1. The Bertz CT molecular complexity index is 1610. The number of carbonyl (C=O) groups is 2. The topological polar surface area (TPSA) is 96.2 Å². The second-order valence-electron chi connectivity index (χ2n) is 9.36. The van der Waals surface area contributed by atoms with E-state index in [1.165, 1.54) is 28.4 Å². The van der Waals surface area contributed by atoms with Gasteiger partial charge in [-0.25, -0.2) is 9.79 Å². The van der Waals surface area contributed by atoms with Crippen LogP contribution in [-0.4, -0.2) is 29.7 Å². The molecule has 2 aromatic carbocycles. The lowest BCUT2D eigenvalue weighted by Crippen LogP contribution is -2.40. The van der Waals surface area contributed by atoms with E-state index in [2.05, 4.69) is 31.0 Å². The molecule has 8 nitrogen and oxygen atoms in total. The number of hydrogen-bond acceptors (Lipinski definition) is 8. The van der Waals surface area contributed by atoms with E-state index in [9.17, 15) is 14.4 Å². The minimum absolute atomic E-state index is 0.175. The first-order valence-corrected chi connectivity index (χ1v) is 13.7. The van der Waals surface area contributed by atoms with E-state index < -0.39 is 18.0 Å². The molecule has 1 aliphatic heterocycles. The fourth-order valence-electron chi connectivity index (χ4n) is 4.44. The SMILES string of the molecule is CCOC(=O)C1=C(C)N=c2s/c(=C/c3ccc(C(C)C)cc3)c(=O)n2[C@@H]1c1ccc(OC(C)=O)c(OCC)c1. The zero-order valence-electron chi connectivity index (χ0n) is 22.9. The Balaban J connectivity index is 1.92. The summed E-state index contributed by atoms with van der Waals surface area (Å²) in [4.78, 5) is 43.7. The number of thiazole rings is 1. The van der Waals surface area contributed by atoms with E-state index in [1.54, 1.807) is 32.0 Å². The van der Waals surface area contributed by atoms with Gasteiger partial charge in [-0.3, -0.25) is 14.2 Å². The molecule has 2 heterocycles. The molecular weight excluding hydrogens is 516 g/mol. The van der Waals surface area contributed by atoms with Crippen LogP contribution in [0.5, 0.6) is 11.5 Å². The van der Waals surface area contributed by atoms with Crippen molar-refractivity contribution < 1.29 is 23.8 Å². The van der Waals surface area contributed by atoms with Gasteiger partial charge in [-0.1, -0.05) is 55.5 Å². The van der Waals surface area contributed by atoms with Gasteiger partial charge in [-0.15, -0.1) is 0 Å². The van der Waals surface area contributed by atoms with Crippen LogP contribution >= 0.6 is 11.3 Å². The molecule has 0 saturated carbocycles. The summed E-state index contributed by atoms with van der Waals surface area (Å²) in [6.45, 7) is 11.3. The van der Waals surface area contributed by atoms with Crippen LogP contribution in [0.3, 0.4) is 0 Å². The lowest BCUT2D eigenvalue weighted by Gasteiger charge is -2.25. The number of aromatic nitrogens is 1. The van der Waals surface area contributed by atoms with E-state index >= 15 is 0 Å². The normalized spacial score (nSPS) is 15.2. The van der Waals surface area contributed by atoms with Gasteiger partial charge in [0.25, 0.3) is 5.56 Å². The maximum absolute atomic E-state index is 13.8. The van der Waals surface area contributed by atoms with Crippen LogP contribution in [0, 0.1) is 0 Å². The lowest BCUT2D eigenvalue weighted by atomic mass is 9.95. The van der Waals surface area contributed by atoms with E-state index in [-0.39, 0.29) is 23.5 Å². The summed E-state index contributed by atoms with van der Waals surface area (Å²) in [5.74, 6) is -0.0491. The van der Waals surface area contributed by atoms with Crippen LogP contribution in [0.25, 0.3) is 6.08 Å². The predicted octanol–water partition coefficient (Wildman–Crippen LogP) is 4.25. The molecule has 4 rings (SSSR count). The fraction of sp³-hybridized carbons (Fsp3) is 0.333. The number of fused-ring (bicyclic) bond motifs is 1. The minimum Gasteiger partial charge on any atom is -0.490 e. The van der Waals surface area contributed by atoms with Gasteiger partial charge < -0.3 is 14.2 Å². The first-order chi connectivity index (χ1) is 18.6. The molecule has 0 saturated heterocycles. The predicted molar refractivity (Wildman–Crippen MR) is 150 cm³/mol. The van der Waals surface area contributed by atoms with Crippen molar-refractivity contribution >= 4 is 29.4 Å². The van der Waals surface area contributed by atoms with Gasteiger partial charge in [0.15, 0.2) is 16.3 Å². The van der Waals surface area contributed by atoms with Gasteiger partial charge in [0.2, 0.25) is 0 Å². The number of esters is 2. The largest absolute Gasteiger partial charge is 0.490 e. The maximum atomic E-state index is 13.8. The highest BCUT2D eigenvalue weighted by atomic mass is 32.1. The first-order valence-electron chi connectivity index (χ1n) is 12.9. The number of allylic oxidation sites excluding steroid dienone is 1. The first kappa shape index (κ1) is 28.0. The van der Waals surface area contributed by atoms with Crippen LogP contribution < -0.4 is 24.4 Å². The Kier molecular flexibility index (Phi) is 8.50. The summed E-state index contributed by atoms with van der Waals surface area (Å²) in [5.41, 5.74) is 3.17.